The van der Waals surface area contributed by atoms with Crippen LogP contribution in [-0.2, 0) is 0 Å². The molecule has 0 aliphatic rings. The summed E-state index contributed by atoms with van der Waals surface area (Å²) in [6.45, 7) is 1.53. The third-order valence-electron chi connectivity index (χ3n) is 3.02. The number of aliphatic hydroxyl groups excluding tert-OH is 1. The minimum absolute atomic E-state index is 0.295. The highest BCUT2D eigenvalue weighted by Gasteiger charge is 2.21. The average molecular weight is 264 g/mol. The van der Waals surface area contributed by atoms with Crippen LogP contribution in [0.2, 0.25) is 0 Å². The van der Waals surface area contributed by atoms with Crippen molar-refractivity contribution in [2.45, 2.75) is 13.0 Å². The predicted molar refractivity (Wildman–Crippen MR) is 68.2 cm³/mol. The molecule has 1 atom stereocenters. The highest BCUT2D eigenvalue weighted by atomic mass is 19.1. The van der Waals surface area contributed by atoms with E-state index in [9.17, 15) is 13.9 Å². The number of hydrogen-bond acceptors (Lipinski definition) is 2. The van der Waals surface area contributed by atoms with Gasteiger partial charge in [0.05, 0.1) is 12.7 Å². The molecule has 2 rings (SSSR count). The maximum atomic E-state index is 13.9. The monoisotopic (exact) mass is 264 g/mol. The summed E-state index contributed by atoms with van der Waals surface area (Å²) in [6, 6.07) is 8.90. The van der Waals surface area contributed by atoms with E-state index < -0.39 is 17.7 Å². The number of benzene rings is 2. The predicted octanol–water partition coefficient (Wildman–Crippen LogP) is 3.36. The summed E-state index contributed by atoms with van der Waals surface area (Å²) in [5, 5.41) is 10.1. The molecule has 2 aromatic rings. The van der Waals surface area contributed by atoms with E-state index in [4.69, 9.17) is 4.74 Å². The van der Waals surface area contributed by atoms with Gasteiger partial charge in [-0.2, -0.15) is 0 Å². The largest absolute Gasteiger partial charge is 0.497 e. The number of aryl methyl sites for hydroxylation is 1. The molecule has 2 aromatic carbocycles. The lowest BCUT2D eigenvalue weighted by Gasteiger charge is -2.15. The van der Waals surface area contributed by atoms with E-state index in [1.807, 2.05) is 0 Å². The summed E-state index contributed by atoms with van der Waals surface area (Å²) in [4.78, 5) is 0. The van der Waals surface area contributed by atoms with E-state index in [0.717, 1.165) is 6.07 Å². The molecule has 2 nitrogen and oxygen atoms in total. The molecular formula is C15H14F2O2. The Morgan fingerprint density at radius 2 is 1.68 bits per heavy atom. The second-order valence-corrected chi connectivity index (χ2v) is 4.27. The zero-order chi connectivity index (χ0) is 14.0. The normalized spacial score (nSPS) is 12.3. The molecule has 0 heterocycles. The summed E-state index contributed by atoms with van der Waals surface area (Å²) < 4.78 is 32.6. The van der Waals surface area contributed by atoms with Gasteiger partial charge in [0.1, 0.15) is 23.5 Å². The Morgan fingerprint density at radius 1 is 1.05 bits per heavy atom. The van der Waals surface area contributed by atoms with Crippen LogP contribution in [0.4, 0.5) is 8.78 Å². The molecule has 19 heavy (non-hydrogen) atoms. The van der Waals surface area contributed by atoms with Gasteiger partial charge in [-0.15, -0.1) is 0 Å². The number of ether oxygens (including phenoxy) is 1. The average Bonchev–Trinajstić information content (AvgIpc) is 2.43. The standard InChI is InChI=1S/C15H14F2O2/c1-9-3-8-12(16)13(14(9)17)15(18)10-4-6-11(19-2)7-5-10/h3-8,15,18H,1-2H3. The lowest BCUT2D eigenvalue weighted by Crippen LogP contribution is -2.07. The van der Waals surface area contributed by atoms with Gasteiger partial charge in [-0.25, -0.2) is 8.78 Å². The van der Waals surface area contributed by atoms with Gasteiger partial charge in [-0.3, -0.25) is 0 Å². The van der Waals surface area contributed by atoms with Crippen LogP contribution in [0, 0.1) is 18.6 Å². The maximum Gasteiger partial charge on any atom is 0.135 e. The molecule has 0 aliphatic carbocycles. The minimum Gasteiger partial charge on any atom is -0.497 e. The third kappa shape index (κ3) is 2.58. The van der Waals surface area contributed by atoms with Crippen molar-refractivity contribution in [1.29, 1.82) is 0 Å². The summed E-state index contributed by atoms with van der Waals surface area (Å²) in [5.74, 6) is -0.865. The molecule has 0 bridgehead atoms. The van der Waals surface area contributed by atoms with Crippen LogP contribution in [0.3, 0.4) is 0 Å². The van der Waals surface area contributed by atoms with Gasteiger partial charge in [-0.05, 0) is 36.2 Å². The van der Waals surface area contributed by atoms with E-state index in [0.29, 0.717) is 16.9 Å². The van der Waals surface area contributed by atoms with Crippen LogP contribution >= 0.6 is 0 Å². The second kappa shape index (κ2) is 5.36. The number of methoxy groups -OCH3 is 1. The van der Waals surface area contributed by atoms with Crippen LogP contribution in [0.25, 0.3) is 0 Å². The molecule has 0 aromatic heterocycles. The quantitative estimate of drug-likeness (QED) is 0.921. The summed E-state index contributed by atoms with van der Waals surface area (Å²) in [5.41, 5.74) is 0.373. The zero-order valence-electron chi connectivity index (χ0n) is 10.7. The van der Waals surface area contributed by atoms with E-state index in [1.165, 1.54) is 20.1 Å². The molecule has 1 N–H and O–H groups in total. The molecule has 0 saturated heterocycles. The lowest BCUT2D eigenvalue weighted by molar-refractivity contribution is 0.208. The van der Waals surface area contributed by atoms with Gasteiger partial charge in [0.2, 0.25) is 0 Å². The van der Waals surface area contributed by atoms with Crippen LogP contribution in [-0.4, -0.2) is 12.2 Å². The summed E-state index contributed by atoms with van der Waals surface area (Å²) in [7, 11) is 1.52. The molecule has 1 unspecified atom stereocenters. The molecule has 0 spiro atoms. The maximum absolute atomic E-state index is 13.9. The lowest BCUT2D eigenvalue weighted by atomic mass is 9.98. The van der Waals surface area contributed by atoms with Gasteiger partial charge in [0, 0.05) is 0 Å². The van der Waals surface area contributed by atoms with Crippen molar-refractivity contribution in [3.8, 4) is 5.75 Å². The fourth-order valence-corrected chi connectivity index (χ4v) is 1.88. The van der Waals surface area contributed by atoms with Gasteiger partial charge in [0.15, 0.2) is 0 Å². The first-order chi connectivity index (χ1) is 9.04. The number of aliphatic hydroxyl groups is 1. The van der Waals surface area contributed by atoms with Crippen LogP contribution in [0.1, 0.15) is 22.8 Å². The van der Waals surface area contributed by atoms with Crippen molar-refractivity contribution < 1.29 is 18.6 Å². The van der Waals surface area contributed by atoms with Crippen molar-refractivity contribution in [2.75, 3.05) is 7.11 Å². The van der Waals surface area contributed by atoms with E-state index >= 15 is 0 Å². The Morgan fingerprint density at radius 3 is 2.26 bits per heavy atom. The van der Waals surface area contributed by atoms with E-state index in [-0.39, 0.29) is 5.56 Å². The van der Waals surface area contributed by atoms with Gasteiger partial charge < -0.3 is 9.84 Å². The Labute approximate surface area is 110 Å². The van der Waals surface area contributed by atoms with Gasteiger partial charge in [0.25, 0.3) is 0 Å². The first-order valence-electron chi connectivity index (χ1n) is 5.81. The Kier molecular flexibility index (Phi) is 3.81. The van der Waals surface area contributed by atoms with Crippen molar-refractivity contribution in [3.63, 3.8) is 0 Å². The fourth-order valence-electron chi connectivity index (χ4n) is 1.88. The SMILES string of the molecule is COc1ccc(C(O)c2c(F)ccc(C)c2F)cc1. The van der Waals surface area contributed by atoms with Crippen LogP contribution in [0.15, 0.2) is 36.4 Å². The Balaban J connectivity index is 2.43. The number of halogens is 2. The van der Waals surface area contributed by atoms with E-state index in [1.54, 1.807) is 24.3 Å². The third-order valence-corrected chi connectivity index (χ3v) is 3.02. The summed E-state index contributed by atoms with van der Waals surface area (Å²) in [6.07, 6.45) is -1.34. The molecule has 100 valence electrons. The van der Waals surface area contributed by atoms with Crippen molar-refractivity contribution >= 4 is 0 Å². The van der Waals surface area contributed by atoms with Crippen molar-refractivity contribution in [2.24, 2.45) is 0 Å². The smallest absolute Gasteiger partial charge is 0.135 e. The molecule has 0 fully saturated rings. The second-order valence-electron chi connectivity index (χ2n) is 4.27. The minimum atomic E-state index is -1.34. The molecular weight excluding hydrogens is 250 g/mol. The fraction of sp³-hybridized carbons (Fsp3) is 0.200. The number of rotatable bonds is 3. The van der Waals surface area contributed by atoms with Gasteiger partial charge in [-0.1, -0.05) is 18.2 Å². The van der Waals surface area contributed by atoms with Crippen LogP contribution < -0.4 is 4.74 Å². The molecule has 0 radical (unpaired) electrons. The zero-order valence-corrected chi connectivity index (χ0v) is 10.7. The van der Waals surface area contributed by atoms with Crippen LogP contribution in [0.5, 0.6) is 5.75 Å². The highest BCUT2D eigenvalue weighted by Crippen LogP contribution is 2.29. The molecule has 0 saturated carbocycles. The van der Waals surface area contributed by atoms with Crippen molar-refractivity contribution in [3.05, 3.63) is 64.7 Å². The Bertz CT molecular complexity index is 579. The highest BCUT2D eigenvalue weighted by molar-refractivity contribution is 5.37. The number of hydrogen-bond donors (Lipinski definition) is 1. The first kappa shape index (κ1) is 13.5. The molecule has 4 heteroatoms. The first-order valence-corrected chi connectivity index (χ1v) is 5.81. The molecule has 0 amide bonds. The van der Waals surface area contributed by atoms with E-state index in [2.05, 4.69) is 0 Å². The molecule has 0 aliphatic heterocycles. The Hall–Kier alpha value is -1.94. The van der Waals surface area contributed by atoms with Crippen molar-refractivity contribution in [1.82, 2.24) is 0 Å². The van der Waals surface area contributed by atoms with Gasteiger partial charge >= 0.3 is 0 Å². The summed E-state index contributed by atoms with van der Waals surface area (Å²) >= 11 is 0. The topological polar surface area (TPSA) is 29.5 Å².